The minimum atomic E-state index is -0.468. The molecule has 0 spiro atoms. The third-order valence-electron chi connectivity index (χ3n) is 4.44. The molecule has 4 rings (SSSR count). The predicted molar refractivity (Wildman–Crippen MR) is 110 cm³/mol. The number of anilines is 2. The highest BCUT2D eigenvalue weighted by atomic mass is 16.5. The van der Waals surface area contributed by atoms with Crippen molar-refractivity contribution in [2.24, 2.45) is 0 Å². The Bertz CT molecular complexity index is 1200. The molecule has 4 aromatic rings. The average Bonchev–Trinajstić information content (AvgIpc) is 3.12. The lowest BCUT2D eigenvalue weighted by molar-refractivity contribution is 0.0527. The van der Waals surface area contributed by atoms with Crippen LogP contribution in [0.2, 0.25) is 0 Å². The van der Waals surface area contributed by atoms with Crippen molar-refractivity contribution in [3.05, 3.63) is 65.7 Å². The average molecular weight is 388 g/mol. The summed E-state index contributed by atoms with van der Waals surface area (Å²) in [5.41, 5.74) is 3.00. The summed E-state index contributed by atoms with van der Waals surface area (Å²) in [5.74, 6) is 1.10. The normalized spacial score (nSPS) is 10.9. The van der Waals surface area contributed by atoms with Crippen LogP contribution in [0, 0.1) is 13.8 Å². The van der Waals surface area contributed by atoms with Crippen LogP contribution < -0.4 is 5.32 Å². The second kappa shape index (κ2) is 7.67. The molecule has 0 fully saturated rings. The first-order valence-electron chi connectivity index (χ1n) is 9.24. The van der Waals surface area contributed by atoms with Gasteiger partial charge < -0.3 is 10.1 Å². The Morgan fingerprint density at radius 3 is 2.79 bits per heavy atom. The van der Waals surface area contributed by atoms with Crippen LogP contribution in [0.25, 0.3) is 16.7 Å². The van der Waals surface area contributed by atoms with Crippen LogP contribution in [0.15, 0.2) is 48.9 Å². The van der Waals surface area contributed by atoms with Gasteiger partial charge in [0, 0.05) is 17.1 Å². The molecule has 3 aromatic heterocycles. The summed E-state index contributed by atoms with van der Waals surface area (Å²) in [4.78, 5) is 25.5. The molecule has 0 aliphatic rings. The predicted octanol–water partition coefficient (Wildman–Crippen LogP) is 3.75. The van der Waals surface area contributed by atoms with E-state index in [1.165, 1.54) is 12.5 Å². The minimum absolute atomic E-state index is 0.267. The number of fused-ring (bicyclic) bond motifs is 1. The maximum Gasteiger partial charge on any atom is 0.343 e. The fraction of sp³-hybridized carbons (Fsp3) is 0.190. The number of nitrogens with one attached hydrogen (secondary N) is 1. The van der Waals surface area contributed by atoms with Gasteiger partial charge in [0.15, 0.2) is 11.6 Å². The number of hydrogen-bond acceptors (Lipinski definition) is 7. The third-order valence-corrected chi connectivity index (χ3v) is 4.44. The quantitative estimate of drug-likeness (QED) is 0.520. The van der Waals surface area contributed by atoms with Gasteiger partial charge >= 0.3 is 5.97 Å². The maximum absolute atomic E-state index is 12.5. The molecule has 8 nitrogen and oxygen atoms in total. The first-order valence-corrected chi connectivity index (χ1v) is 9.24. The van der Waals surface area contributed by atoms with Crippen LogP contribution >= 0.6 is 0 Å². The van der Waals surface area contributed by atoms with Gasteiger partial charge in [-0.05, 0) is 38.5 Å². The van der Waals surface area contributed by atoms with E-state index in [0.29, 0.717) is 23.0 Å². The molecule has 0 saturated carbocycles. The maximum atomic E-state index is 12.5. The van der Waals surface area contributed by atoms with Crippen molar-refractivity contribution in [1.29, 1.82) is 0 Å². The van der Waals surface area contributed by atoms with Gasteiger partial charge in [-0.25, -0.2) is 19.7 Å². The molecule has 1 aromatic carbocycles. The Kier molecular flexibility index (Phi) is 4.90. The van der Waals surface area contributed by atoms with Crippen molar-refractivity contribution in [3.63, 3.8) is 0 Å². The van der Waals surface area contributed by atoms with Crippen molar-refractivity contribution in [2.45, 2.75) is 20.8 Å². The van der Waals surface area contributed by atoms with Crippen molar-refractivity contribution in [3.8, 4) is 5.82 Å². The summed E-state index contributed by atoms with van der Waals surface area (Å²) in [6, 6.07) is 11.6. The number of benzene rings is 1. The van der Waals surface area contributed by atoms with Gasteiger partial charge in [0.1, 0.15) is 17.7 Å². The highest BCUT2D eigenvalue weighted by Crippen LogP contribution is 2.26. The van der Waals surface area contributed by atoms with E-state index in [-0.39, 0.29) is 6.61 Å². The van der Waals surface area contributed by atoms with Gasteiger partial charge in [-0.15, -0.1) is 0 Å². The number of nitrogens with zero attached hydrogens (tertiary/aromatic N) is 5. The van der Waals surface area contributed by atoms with Gasteiger partial charge in [-0.1, -0.05) is 18.2 Å². The van der Waals surface area contributed by atoms with Crippen LogP contribution in [0.1, 0.15) is 28.5 Å². The largest absolute Gasteiger partial charge is 0.462 e. The molecule has 0 amide bonds. The number of pyridine rings is 1. The van der Waals surface area contributed by atoms with E-state index in [1.54, 1.807) is 17.7 Å². The Hall–Kier alpha value is -3.81. The second-order valence-corrected chi connectivity index (χ2v) is 6.52. The number of aryl methyl sites for hydroxylation is 2. The smallest absolute Gasteiger partial charge is 0.343 e. The van der Waals surface area contributed by atoms with Crippen molar-refractivity contribution < 1.29 is 9.53 Å². The van der Waals surface area contributed by atoms with Gasteiger partial charge in [0.2, 0.25) is 0 Å². The SMILES string of the molecule is CCOC(=O)c1cnn(-c2cc(C)c3ccccc3n2)c1Nc1cc(C)ncn1. The topological polar surface area (TPSA) is 94.8 Å². The third kappa shape index (κ3) is 3.64. The first kappa shape index (κ1) is 18.5. The number of para-hydroxylation sites is 1. The number of carbonyl (C=O) groups excluding carboxylic acids is 1. The molecular weight excluding hydrogens is 368 g/mol. The van der Waals surface area contributed by atoms with Gasteiger partial charge in [-0.3, -0.25) is 0 Å². The van der Waals surface area contributed by atoms with Crippen LogP contribution in [0.5, 0.6) is 0 Å². The summed E-state index contributed by atoms with van der Waals surface area (Å²) in [6.45, 7) is 5.91. The number of carbonyl (C=O) groups is 1. The molecule has 0 atom stereocenters. The molecule has 0 saturated heterocycles. The van der Waals surface area contributed by atoms with E-state index in [2.05, 4.69) is 20.4 Å². The monoisotopic (exact) mass is 388 g/mol. The number of ether oxygens (including phenoxy) is 1. The lowest BCUT2D eigenvalue weighted by atomic mass is 10.1. The van der Waals surface area contributed by atoms with Crippen molar-refractivity contribution >= 4 is 28.5 Å². The highest BCUT2D eigenvalue weighted by molar-refractivity contribution is 5.95. The zero-order chi connectivity index (χ0) is 20.4. The van der Waals surface area contributed by atoms with E-state index in [9.17, 15) is 4.79 Å². The van der Waals surface area contributed by atoms with Gasteiger partial charge in [0.25, 0.3) is 0 Å². The summed E-state index contributed by atoms with van der Waals surface area (Å²) in [5, 5.41) is 8.64. The van der Waals surface area contributed by atoms with Gasteiger partial charge in [0.05, 0.1) is 18.3 Å². The fourth-order valence-electron chi connectivity index (χ4n) is 3.09. The summed E-state index contributed by atoms with van der Waals surface area (Å²) in [6.07, 6.45) is 2.93. The number of aromatic nitrogens is 5. The molecule has 0 bridgehead atoms. The zero-order valence-electron chi connectivity index (χ0n) is 16.4. The second-order valence-electron chi connectivity index (χ2n) is 6.52. The molecule has 1 N–H and O–H groups in total. The lowest BCUT2D eigenvalue weighted by Crippen LogP contribution is -2.11. The van der Waals surface area contributed by atoms with E-state index in [4.69, 9.17) is 9.72 Å². The zero-order valence-corrected chi connectivity index (χ0v) is 16.4. The molecule has 29 heavy (non-hydrogen) atoms. The van der Waals surface area contributed by atoms with E-state index in [1.807, 2.05) is 44.2 Å². The first-order chi connectivity index (χ1) is 14.1. The summed E-state index contributed by atoms with van der Waals surface area (Å²) >= 11 is 0. The van der Waals surface area contributed by atoms with Crippen LogP contribution in [-0.2, 0) is 4.74 Å². The van der Waals surface area contributed by atoms with E-state index >= 15 is 0 Å². The van der Waals surface area contributed by atoms with E-state index < -0.39 is 5.97 Å². The van der Waals surface area contributed by atoms with E-state index in [0.717, 1.165) is 22.2 Å². The van der Waals surface area contributed by atoms with Crippen LogP contribution in [-0.4, -0.2) is 37.3 Å². The minimum Gasteiger partial charge on any atom is -0.462 e. The molecular formula is C21H20N6O2. The van der Waals surface area contributed by atoms with Crippen molar-refractivity contribution in [1.82, 2.24) is 24.7 Å². The molecule has 0 aliphatic heterocycles. The fourth-order valence-corrected chi connectivity index (χ4v) is 3.09. The van der Waals surface area contributed by atoms with Crippen LogP contribution in [0.4, 0.5) is 11.6 Å². The Morgan fingerprint density at radius 1 is 1.17 bits per heavy atom. The number of hydrogen-bond donors (Lipinski definition) is 1. The Morgan fingerprint density at radius 2 is 2.00 bits per heavy atom. The molecule has 0 aliphatic carbocycles. The number of rotatable bonds is 5. The molecule has 8 heteroatoms. The molecule has 0 unspecified atom stereocenters. The van der Waals surface area contributed by atoms with Crippen LogP contribution in [0.3, 0.4) is 0 Å². The standard InChI is InChI=1S/C21H20N6O2/c1-4-29-21(28)16-11-24-27(20(16)26-18-10-14(3)22-12-23-18)19-9-13(2)15-7-5-6-8-17(15)25-19/h5-12H,4H2,1-3H3,(H,22,23,26). The summed E-state index contributed by atoms with van der Waals surface area (Å²) in [7, 11) is 0. The Balaban J connectivity index is 1.86. The Labute approximate surface area is 167 Å². The molecule has 146 valence electrons. The summed E-state index contributed by atoms with van der Waals surface area (Å²) < 4.78 is 6.77. The lowest BCUT2D eigenvalue weighted by Gasteiger charge is -2.12. The molecule has 0 radical (unpaired) electrons. The van der Waals surface area contributed by atoms with Gasteiger partial charge in [-0.2, -0.15) is 9.78 Å². The number of esters is 1. The van der Waals surface area contributed by atoms with Crippen molar-refractivity contribution in [2.75, 3.05) is 11.9 Å². The molecule has 3 heterocycles. The highest BCUT2D eigenvalue weighted by Gasteiger charge is 2.21.